The molecule has 0 fully saturated rings. The fraction of sp³-hybridized carbons (Fsp3) is 0.391. The molecule has 156 valence electrons. The summed E-state index contributed by atoms with van der Waals surface area (Å²) in [7, 11) is 3.11. The zero-order chi connectivity index (χ0) is 21.6. The van der Waals surface area contributed by atoms with Crippen LogP contribution in [0.3, 0.4) is 0 Å². The van der Waals surface area contributed by atoms with Crippen LogP contribution in [0.4, 0.5) is 0 Å². The zero-order valence-electron chi connectivity index (χ0n) is 17.9. The van der Waals surface area contributed by atoms with Gasteiger partial charge in [-0.1, -0.05) is 39.0 Å². The second-order valence-electron chi connectivity index (χ2n) is 7.78. The Bertz CT molecular complexity index is 853. The van der Waals surface area contributed by atoms with Crippen molar-refractivity contribution in [3.05, 3.63) is 59.2 Å². The highest BCUT2D eigenvalue weighted by Crippen LogP contribution is 2.27. The van der Waals surface area contributed by atoms with Gasteiger partial charge in [0.1, 0.15) is 0 Å². The maximum atomic E-state index is 12.3. The Kier molecular flexibility index (Phi) is 7.26. The number of nitrogens with one attached hydrogen (secondary N) is 1. The van der Waals surface area contributed by atoms with Gasteiger partial charge < -0.3 is 19.5 Å². The molecule has 2 aromatic rings. The topological polar surface area (TPSA) is 73.9 Å². The van der Waals surface area contributed by atoms with Gasteiger partial charge >= 0.3 is 5.97 Å². The fourth-order valence-corrected chi connectivity index (χ4v) is 2.71. The number of ether oxygens (including phenoxy) is 3. The summed E-state index contributed by atoms with van der Waals surface area (Å²) in [6, 6.07) is 12.6. The van der Waals surface area contributed by atoms with Crippen molar-refractivity contribution >= 4 is 11.9 Å². The lowest BCUT2D eigenvalue weighted by molar-refractivity contribution is -0.129. The number of carbonyl (C=O) groups is 2. The molecule has 0 bridgehead atoms. The van der Waals surface area contributed by atoms with E-state index in [2.05, 4.69) is 26.1 Å². The molecule has 0 aliphatic heterocycles. The second-order valence-corrected chi connectivity index (χ2v) is 7.78. The summed E-state index contributed by atoms with van der Waals surface area (Å²) in [5, 5.41) is 2.76. The van der Waals surface area contributed by atoms with Crippen molar-refractivity contribution in [3.8, 4) is 11.5 Å². The summed E-state index contributed by atoms with van der Waals surface area (Å²) in [6.07, 6.45) is -0.912. The summed E-state index contributed by atoms with van der Waals surface area (Å²) < 4.78 is 15.7. The highest BCUT2D eigenvalue weighted by molar-refractivity contribution is 5.92. The normalized spacial score (nSPS) is 12.1. The molecule has 0 radical (unpaired) electrons. The minimum atomic E-state index is -0.912. The van der Waals surface area contributed by atoms with Crippen molar-refractivity contribution in [3.63, 3.8) is 0 Å². The van der Waals surface area contributed by atoms with Gasteiger partial charge in [0.25, 0.3) is 5.91 Å². The Hall–Kier alpha value is -3.02. The van der Waals surface area contributed by atoms with Crippen molar-refractivity contribution in [2.24, 2.45) is 0 Å². The van der Waals surface area contributed by atoms with Gasteiger partial charge in [0.15, 0.2) is 17.6 Å². The molecule has 6 nitrogen and oxygen atoms in total. The third kappa shape index (κ3) is 5.98. The maximum absolute atomic E-state index is 12.3. The molecule has 0 heterocycles. The molecule has 0 spiro atoms. The van der Waals surface area contributed by atoms with E-state index < -0.39 is 12.1 Å². The first kappa shape index (κ1) is 22.3. The fourth-order valence-electron chi connectivity index (χ4n) is 2.71. The lowest BCUT2D eigenvalue weighted by Gasteiger charge is -2.19. The van der Waals surface area contributed by atoms with Crippen LogP contribution in [0.15, 0.2) is 42.5 Å². The monoisotopic (exact) mass is 399 g/mol. The van der Waals surface area contributed by atoms with Crippen LogP contribution in [-0.2, 0) is 21.5 Å². The molecule has 1 atom stereocenters. The van der Waals surface area contributed by atoms with Gasteiger partial charge in [-0.05, 0) is 47.7 Å². The molecule has 1 amide bonds. The van der Waals surface area contributed by atoms with E-state index in [1.807, 2.05) is 18.2 Å². The van der Waals surface area contributed by atoms with Gasteiger partial charge in [0.05, 0.1) is 19.8 Å². The quantitative estimate of drug-likeness (QED) is 0.716. The molecule has 1 N–H and O–H groups in total. The van der Waals surface area contributed by atoms with Crippen LogP contribution >= 0.6 is 0 Å². The van der Waals surface area contributed by atoms with Crippen LogP contribution in [-0.4, -0.2) is 32.2 Å². The SMILES string of the molecule is COc1ccc(CNC(=O)C(C)OC(=O)c2ccc(C(C)(C)C)cc2)cc1OC. The van der Waals surface area contributed by atoms with E-state index >= 15 is 0 Å². The second kappa shape index (κ2) is 9.45. The summed E-state index contributed by atoms with van der Waals surface area (Å²) >= 11 is 0. The Balaban J connectivity index is 1.92. The van der Waals surface area contributed by atoms with Gasteiger partial charge in [0.2, 0.25) is 0 Å². The first-order valence-electron chi connectivity index (χ1n) is 9.46. The lowest BCUT2D eigenvalue weighted by atomic mass is 9.87. The predicted molar refractivity (Wildman–Crippen MR) is 111 cm³/mol. The Morgan fingerprint density at radius 2 is 1.59 bits per heavy atom. The minimum Gasteiger partial charge on any atom is -0.493 e. The number of hydrogen-bond donors (Lipinski definition) is 1. The first-order chi connectivity index (χ1) is 13.7. The van der Waals surface area contributed by atoms with Crippen LogP contribution in [0.2, 0.25) is 0 Å². The highest BCUT2D eigenvalue weighted by atomic mass is 16.5. The number of amides is 1. The summed E-state index contributed by atoms with van der Waals surface area (Å²) in [5.41, 5.74) is 2.37. The van der Waals surface area contributed by atoms with E-state index in [9.17, 15) is 9.59 Å². The molecular weight excluding hydrogens is 370 g/mol. The average molecular weight is 399 g/mol. The predicted octanol–water partition coefficient (Wildman–Crippen LogP) is 3.86. The van der Waals surface area contributed by atoms with Gasteiger partial charge in [-0.15, -0.1) is 0 Å². The van der Waals surface area contributed by atoms with Crippen LogP contribution in [0, 0.1) is 0 Å². The van der Waals surface area contributed by atoms with Crippen molar-refractivity contribution in [2.75, 3.05) is 14.2 Å². The Morgan fingerprint density at radius 1 is 0.966 bits per heavy atom. The van der Waals surface area contributed by atoms with Crippen LogP contribution in [0.1, 0.15) is 49.2 Å². The van der Waals surface area contributed by atoms with E-state index in [1.54, 1.807) is 45.4 Å². The maximum Gasteiger partial charge on any atom is 0.338 e. The number of carbonyl (C=O) groups excluding carboxylic acids is 2. The number of methoxy groups -OCH3 is 2. The number of esters is 1. The summed E-state index contributed by atoms with van der Waals surface area (Å²) in [5.74, 6) is 0.290. The van der Waals surface area contributed by atoms with E-state index in [0.29, 0.717) is 17.1 Å². The first-order valence-corrected chi connectivity index (χ1v) is 9.46. The molecule has 2 aromatic carbocycles. The summed E-state index contributed by atoms with van der Waals surface area (Å²) in [4.78, 5) is 24.6. The highest BCUT2D eigenvalue weighted by Gasteiger charge is 2.20. The van der Waals surface area contributed by atoms with Crippen molar-refractivity contribution in [2.45, 2.75) is 45.8 Å². The van der Waals surface area contributed by atoms with E-state index in [1.165, 1.54) is 0 Å². The molecule has 0 saturated carbocycles. The summed E-state index contributed by atoms with van der Waals surface area (Å²) in [6.45, 7) is 8.13. The standard InChI is InChI=1S/C23H29NO5/c1-15(29-22(26)17-8-10-18(11-9-17)23(2,3)4)21(25)24-14-16-7-12-19(27-5)20(13-16)28-6/h7-13,15H,14H2,1-6H3,(H,24,25). The molecule has 6 heteroatoms. The van der Waals surface area contributed by atoms with Gasteiger partial charge in [0, 0.05) is 6.54 Å². The Morgan fingerprint density at radius 3 is 2.14 bits per heavy atom. The van der Waals surface area contributed by atoms with Crippen molar-refractivity contribution < 1.29 is 23.8 Å². The van der Waals surface area contributed by atoms with E-state index in [-0.39, 0.29) is 17.9 Å². The van der Waals surface area contributed by atoms with Crippen molar-refractivity contribution in [1.82, 2.24) is 5.32 Å². The van der Waals surface area contributed by atoms with Gasteiger partial charge in [-0.25, -0.2) is 4.79 Å². The minimum absolute atomic E-state index is 0.000248. The third-order valence-corrected chi connectivity index (χ3v) is 4.55. The van der Waals surface area contributed by atoms with Crippen molar-refractivity contribution in [1.29, 1.82) is 0 Å². The molecule has 0 saturated heterocycles. The molecule has 0 aliphatic rings. The lowest BCUT2D eigenvalue weighted by Crippen LogP contribution is -2.35. The van der Waals surface area contributed by atoms with Crippen LogP contribution in [0.25, 0.3) is 0 Å². The number of rotatable bonds is 7. The van der Waals surface area contributed by atoms with Crippen LogP contribution in [0.5, 0.6) is 11.5 Å². The van der Waals surface area contributed by atoms with E-state index in [0.717, 1.165) is 11.1 Å². The largest absolute Gasteiger partial charge is 0.493 e. The average Bonchev–Trinajstić information content (AvgIpc) is 2.70. The molecule has 0 aromatic heterocycles. The zero-order valence-corrected chi connectivity index (χ0v) is 17.9. The number of hydrogen-bond acceptors (Lipinski definition) is 5. The molecule has 2 rings (SSSR count). The smallest absolute Gasteiger partial charge is 0.338 e. The molecule has 1 unspecified atom stereocenters. The Labute approximate surface area is 172 Å². The van der Waals surface area contributed by atoms with Gasteiger partial charge in [-0.3, -0.25) is 4.79 Å². The third-order valence-electron chi connectivity index (χ3n) is 4.55. The number of benzene rings is 2. The van der Waals surface area contributed by atoms with E-state index in [4.69, 9.17) is 14.2 Å². The molecular formula is C23H29NO5. The molecule has 29 heavy (non-hydrogen) atoms. The van der Waals surface area contributed by atoms with Gasteiger partial charge in [-0.2, -0.15) is 0 Å². The van der Waals surface area contributed by atoms with Crippen LogP contribution < -0.4 is 14.8 Å². The molecule has 0 aliphatic carbocycles.